The molecule has 4 aromatic heterocycles. The summed E-state index contributed by atoms with van der Waals surface area (Å²) in [6.07, 6.45) is 6.43. The summed E-state index contributed by atoms with van der Waals surface area (Å²) >= 11 is 8.35. The lowest BCUT2D eigenvalue weighted by atomic mass is 10.0. The van der Waals surface area contributed by atoms with Gasteiger partial charge in [0.05, 0.1) is 23.3 Å². The molecule has 1 aliphatic heterocycles. The van der Waals surface area contributed by atoms with Crippen LogP contribution in [0.2, 0.25) is 5.02 Å². The Bertz CT molecular complexity index is 1560. The third-order valence-electron chi connectivity index (χ3n) is 6.39. The highest BCUT2D eigenvalue weighted by Crippen LogP contribution is 2.31. The number of aryl methyl sites for hydroxylation is 2. The molecule has 0 unspecified atom stereocenters. The number of pyridine rings is 3. The number of hydrogen-bond acceptors (Lipinski definition) is 7. The molecule has 11 heteroatoms. The van der Waals surface area contributed by atoms with Gasteiger partial charge in [-0.25, -0.2) is 18.7 Å². The normalized spacial score (nSPS) is 14.0. The van der Waals surface area contributed by atoms with Crippen molar-refractivity contribution in [2.24, 2.45) is 0 Å². The van der Waals surface area contributed by atoms with Gasteiger partial charge < -0.3 is 4.74 Å². The van der Waals surface area contributed by atoms with Gasteiger partial charge in [-0.2, -0.15) is 11.8 Å². The van der Waals surface area contributed by atoms with Crippen LogP contribution in [0.5, 0.6) is 5.75 Å². The van der Waals surface area contributed by atoms with E-state index in [1.807, 2.05) is 24.8 Å². The second kappa shape index (κ2) is 11.2. The summed E-state index contributed by atoms with van der Waals surface area (Å²) in [7, 11) is 0. The molecular formula is C27H24ClF2N5O2S. The zero-order chi connectivity index (χ0) is 26.8. The van der Waals surface area contributed by atoms with Crippen LogP contribution in [0.4, 0.5) is 8.78 Å². The van der Waals surface area contributed by atoms with E-state index in [-0.39, 0.29) is 23.1 Å². The van der Waals surface area contributed by atoms with Crippen LogP contribution in [-0.4, -0.2) is 36.0 Å². The summed E-state index contributed by atoms with van der Waals surface area (Å²) < 4.78 is 34.2. The minimum absolute atomic E-state index is 0.0777. The molecule has 0 bridgehead atoms. The van der Waals surface area contributed by atoms with Crippen molar-refractivity contribution >= 4 is 23.4 Å². The monoisotopic (exact) mass is 555 g/mol. The van der Waals surface area contributed by atoms with Gasteiger partial charge in [0, 0.05) is 36.1 Å². The number of halogens is 3. The Hall–Kier alpha value is -3.37. The highest BCUT2D eigenvalue weighted by molar-refractivity contribution is 7.99. The topological polar surface area (TPSA) is 82.8 Å². The van der Waals surface area contributed by atoms with Crippen molar-refractivity contribution in [3.05, 3.63) is 92.6 Å². The summed E-state index contributed by atoms with van der Waals surface area (Å²) in [4.78, 5) is 30.9. The van der Waals surface area contributed by atoms with E-state index >= 15 is 0 Å². The van der Waals surface area contributed by atoms with Crippen molar-refractivity contribution in [2.45, 2.75) is 39.2 Å². The lowest BCUT2D eigenvalue weighted by Crippen LogP contribution is -2.23. The molecule has 0 spiro atoms. The zero-order valence-corrected chi connectivity index (χ0v) is 22.3. The van der Waals surface area contributed by atoms with Crippen LogP contribution < -0.4 is 10.3 Å². The second-order valence-electron chi connectivity index (χ2n) is 9.02. The van der Waals surface area contributed by atoms with Crippen molar-refractivity contribution < 1.29 is 13.5 Å². The van der Waals surface area contributed by atoms with E-state index < -0.39 is 17.2 Å². The average Bonchev–Trinajstić information content (AvgIpc) is 2.92. The van der Waals surface area contributed by atoms with Crippen molar-refractivity contribution in [1.29, 1.82) is 0 Å². The molecule has 1 fully saturated rings. The summed E-state index contributed by atoms with van der Waals surface area (Å²) in [5, 5.41) is -0.171. The third kappa shape index (κ3) is 5.42. The predicted molar refractivity (Wildman–Crippen MR) is 143 cm³/mol. The Kier molecular flexibility index (Phi) is 7.71. The summed E-state index contributed by atoms with van der Waals surface area (Å²) in [5.41, 5.74) is 2.60. The van der Waals surface area contributed by atoms with Gasteiger partial charge in [0.15, 0.2) is 5.82 Å². The van der Waals surface area contributed by atoms with E-state index in [2.05, 4.69) is 15.0 Å². The minimum Gasteiger partial charge on any atom is -0.485 e. The van der Waals surface area contributed by atoms with Gasteiger partial charge in [-0.3, -0.25) is 19.3 Å². The lowest BCUT2D eigenvalue weighted by Gasteiger charge is -2.20. The first-order valence-electron chi connectivity index (χ1n) is 12.0. The third-order valence-corrected chi connectivity index (χ3v) is 7.78. The van der Waals surface area contributed by atoms with Gasteiger partial charge in [0.1, 0.15) is 34.7 Å². The van der Waals surface area contributed by atoms with Gasteiger partial charge in [-0.1, -0.05) is 11.6 Å². The molecule has 0 aliphatic carbocycles. The molecule has 5 heterocycles. The molecule has 7 nitrogen and oxygen atoms in total. The first-order valence-corrected chi connectivity index (χ1v) is 13.6. The van der Waals surface area contributed by atoms with Crippen LogP contribution in [-0.2, 0) is 6.61 Å². The standard InChI is InChI=1S/C27H24ClF2N5O2S/c1-15-12-32-21(20-3-6-31-26(34-20)17-4-7-38-8-5-17)11-23(15)35-16(2)9-24(25(28)27(35)36)37-14-22-19(30)10-18(29)13-33-22/h3,6,9-13,17H,4-5,7-8,14H2,1-2H3. The Labute approximate surface area is 227 Å². The van der Waals surface area contributed by atoms with Gasteiger partial charge in [-0.15, -0.1) is 0 Å². The van der Waals surface area contributed by atoms with E-state index in [0.29, 0.717) is 28.7 Å². The second-order valence-corrected chi connectivity index (χ2v) is 10.6. The Morgan fingerprint density at radius 3 is 2.63 bits per heavy atom. The van der Waals surface area contributed by atoms with Crippen molar-refractivity contribution in [1.82, 2.24) is 24.5 Å². The largest absolute Gasteiger partial charge is 0.485 e. The van der Waals surface area contributed by atoms with E-state index in [1.54, 1.807) is 31.5 Å². The molecule has 0 radical (unpaired) electrons. The number of rotatable bonds is 6. The molecule has 196 valence electrons. The van der Waals surface area contributed by atoms with Crippen LogP contribution in [0.3, 0.4) is 0 Å². The van der Waals surface area contributed by atoms with E-state index in [0.717, 1.165) is 48.0 Å². The highest BCUT2D eigenvalue weighted by Gasteiger charge is 2.20. The van der Waals surface area contributed by atoms with Gasteiger partial charge in [-0.05, 0) is 55.9 Å². The molecule has 1 saturated heterocycles. The molecule has 0 amide bonds. The fraction of sp³-hybridized carbons (Fsp3) is 0.296. The number of ether oxygens (including phenoxy) is 1. The maximum Gasteiger partial charge on any atom is 0.277 e. The summed E-state index contributed by atoms with van der Waals surface area (Å²) in [6.45, 7) is 3.28. The number of aromatic nitrogens is 5. The van der Waals surface area contributed by atoms with Crippen LogP contribution in [0.15, 0.2) is 47.7 Å². The van der Waals surface area contributed by atoms with Crippen LogP contribution in [0.1, 0.15) is 41.5 Å². The SMILES string of the molecule is Cc1cnc(-c2ccnc(C3CCSCC3)n2)cc1-n1c(C)cc(OCc2ncc(F)cc2F)c(Cl)c1=O. The van der Waals surface area contributed by atoms with Crippen molar-refractivity contribution in [2.75, 3.05) is 11.5 Å². The van der Waals surface area contributed by atoms with Crippen LogP contribution in [0.25, 0.3) is 17.1 Å². The highest BCUT2D eigenvalue weighted by atomic mass is 35.5. The molecule has 4 aromatic rings. The molecule has 0 N–H and O–H groups in total. The predicted octanol–water partition coefficient (Wildman–Crippen LogP) is 5.82. The van der Waals surface area contributed by atoms with E-state index in [1.165, 1.54) is 4.57 Å². The molecular weight excluding hydrogens is 532 g/mol. The first kappa shape index (κ1) is 26.2. The molecule has 38 heavy (non-hydrogen) atoms. The smallest absolute Gasteiger partial charge is 0.277 e. The lowest BCUT2D eigenvalue weighted by molar-refractivity contribution is 0.292. The molecule has 0 aromatic carbocycles. The summed E-state index contributed by atoms with van der Waals surface area (Å²) in [6, 6.07) is 5.93. The van der Waals surface area contributed by atoms with Crippen LogP contribution in [0, 0.1) is 25.5 Å². The van der Waals surface area contributed by atoms with Gasteiger partial charge in [0.2, 0.25) is 0 Å². The fourth-order valence-electron chi connectivity index (χ4n) is 4.34. The molecule has 0 atom stereocenters. The van der Waals surface area contributed by atoms with Crippen molar-refractivity contribution in [3.63, 3.8) is 0 Å². The van der Waals surface area contributed by atoms with E-state index in [9.17, 15) is 13.6 Å². The van der Waals surface area contributed by atoms with E-state index in [4.69, 9.17) is 21.3 Å². The average molecular weight is 556 g/mol. The number of hydrogen-bond donors (Lipinski definition) is 0. The maximum atomic E-state index is 14.0. The van der Waals surface area contributed by atoms with Gasteiger partial charge in [0.25, 0.3) is 5.56 Å². The minimum atomic E-state index is -0.846. The van der Waals surface area contributed by atoms with Crippen LogP contribution >= 0.6 is 23.4 Å². The Morgan fingerprint density at radius 2 is 1.87 bits per heavy atom. The fourth-order valence-corrected chi connectivity index (χ4v) is 5.64. The molecule has 5 rings (SSSR count). The number of nitrogens with zero attached hydrogens (tertiary/aromatic N) is 5. The first-order chi connectivity index (χ1) is 18.3. The van der Waals surface area contributed by atoms with Gasteiger partial charge >= 0.3 is 0 Å². The summed E-state index contributed by atoms with van der Waals surface area (Å²) in [5.74, 6) is 1.79. The number of thioether (sulfide) groups is 1. The Morgan fingerprint density at radius 1 is 1.08 bits per heavy atom. The molecule has 0 saturated carbocycles. The Balaban J connectivity index is 1.47. The zero-order valence-electron chi connectivity index (χ0n) is 20.7. The quantitative estimate of drug-likeness (QED) is 0.296. The molecule has 1 aliphatic rings. The van der Waals surface area contributed by atoms with Crippen molar-refractivity contribution in [3.8, 4) is 22.8 Å². The maximum absolute atomic E-state index is 14.0.